The Balaban J connectivity index is 2.97. The van der Waals surface area contributed by atoms with Gasteiger partial charge >= 0.3 is 0 Å². The van der Waals surface area contributed by atoms with Gasteiger partial charge in [-0.2, -0.15) is 0 Å². The van der Waals surface area contributed by atoms with Crippen LogP contribution in [0.25, 0.3) is 0 Å². The van der Waals surface area contributed by atoms with Gasteiger partial charge in [-0.1, -0.05) is 11.6 Å². The van der Waals surface area contributed by atoms with Crippen LogP contribution < -0.4 is 14.8 Å². The predicted octanol–water partition coefficient (Wildman–Crippen LogP) is 1.44. The molecule has 0 aromatic heterocycles. The fourth-order valence-corrected chi connectivity index (χ4v) is 1.58. The van der Waals surface area contributed by atoms with Crippen molar-refractivity contribution < 1.29 is 14.8 Å². The fourth-order valence-electron chi connectivity index (χ4n) is 1.35. The molecule has 0 amide bonds. The van der Waals surface area contributed by atoms with Gasteiger partial charge in [0.1, 0.15) is 6.54 Å². The second kappa shape index (κ2) is 5.83. The summed E-state index contributed by atoms with van der Waals surface area (Å²) in [4.78, 5) is 0. The Bertz CT molecular complexity index is 329. The van der Waals surface area contributed by atoms with Gasteiger partial charge in [0.2, 0.25) is 0 Å². The van der Waals surface area contributed by atoms with Crippen molar-refractivity contribution in [3.8, 4) is 11.5 Å². The summed E-state index contributed by atoms with van der Waals surface area (Å²) in [5.41, 5.74) is 1.07. The van der Waals surface area contributed by atoms with Gasteiger partial charge < -0.3 is 14.8 Å². The number of hydrogen-bond acceptors (Lipinski definition) is 2. The molecular weight excluding hydrogens is 214 g/mol. The summed E-state index contributed by atoms with van der Waals surface area (Å²) >= 11 is 6.12. The van der Waals surface area contributed by atoms with E-state index in [1.807, 2.05) is 6.07 Å². The maximum absolute atomic E-state index is 6.12. The molecule has 0 radical (unpaired) electrons. The van der Waals surface area contributed by atoms with Crippen LogP contribution in [0.5, 0.6) is 11.5 Å². The summed E-state index contributed by atoms with van der Waals surface area (Å²) in [6.45, 7) is 4.00. The molecule has 0 unspecified atom stereocenters. The predicted molar refractivity (Wildman–Crippen MR) is 60.7 cm³/mol. The van der Waals surface area contributed by atoms with Gasteiger partial charge in [-0.15, -0.1) is 0 Å². The van der Waals surface area contributed by atoms with Crippen molar-refractivity contribution in [1.29, 1.82) is 0 Å². The molecule has 0 aliphatic carbocycles. The number of methoxy groups -OCH3 is 2. The highest BCUT2D eigenvalue weighted by Crippen LogP contribution is 2.32. The molecule has 0 spiro atoms. The van der Waals surface area contributed by atoms with Gasteiger partial charge in [-0.25, -0.2) is 0 Å². The molecule has 1 rings (SSSR count). The molecule has 0 heterocycles. The zero-order chi connectivity index (χ0) is 11.3. The highest BCUT2D eigenvalue weighted by Gasteiger charge is 2.10. The Morgan fingerprint density at radius 1 is 1.20 bits per heavy atom. The zero-order valence-electron chi connectivity index (χ0n) is 9.34. The topological polar surface area (TPSA) is 35.1 Å². The van der Waals surface area contributed by atoms with Crippen LogP contribution in [0.2, 0.25) is 5.02 Å². The normalized spacial score (nSPS) is 10.1. The second-order valence-electron chi connectivity index (χ2n) is 3.20. The molecule has 0 aliphatic heterocycles. The maximum atomic E-state index is 6.12. The van der Waals surface area contributed by atoms with E-state index in [1.165, 1.54) is 0 Å². The molecule has 0 atom stereocenters. The Kier molecular flexibility index (Phi) is 4.72. The van der Waals surface area contributed by atoms with E-state index in [4.69, 9.17) is 21.1 Å². The standard InChI is InChI=1S/C11H16ClNO2/c1-4-13-7-8-5-10(14-2)11(15-3)6-9(8)12/h5-6,13H,4,7H2,1-3H3/p+1. The lowest BCUT2D eigenvalue weighted by Gasteiger charge is -2.10. The quantitative estimate of drug-likeness (QED) is 0.831. The summed E-state index contributed by atoms with van der Waals surface area (Å²) in [5.74, 6) is 1.39. The van der Waals surface area contributed by atoms with E-state index in [0.717, 1.165) is 29.4 Å². The summed E-state index contributed by atoms with van der Waals surface area (Å²) in [5, 5.41) is 2.89. The molecule has 1 aromatic rings. The van der Waals surface area contributed by atoms with Crippen LogP contribution in [0.3, 0.4) is 0 Å². The molecule has 84 valence electrons. The zero-order valence-corrected chi connectivity index (χ0v) is 10.1. The SMILES string of the molecule is CC[NH2+]Cc1cc(OC)c(OC)cc1Cl. The third kappa shape index (κ3) is 3.01. The summed E-state index contributed by atoms with van der Waals surface area (Å²) in [7, 11) is 3.23. The van der Waals surface area contributed by atoms with Gasteiger partial charge in [0, 0.05) is 11.6 Å². The van der Waals surface area contributed by atoms with Crippen LogP contribution in [-0.2, 0) is 6.54 Å². The Labute approximate surface area is 95.3 Å². The van der Waals surface area contributed by atoms with Gasteiger partial charge in [-0.05, 0) is 13.0 Å². The molecule has 1 aromatic carbocycles. The van der Waals surface area contributed by atoms with Crippen LogP contribution in [-0.4, -0.2) is 20.8 Å². The number of quaternary nitrogens is 1. The van der Waals surface area contributed by atoms with Crippen molar-refractivity contribution in [2.45, 2.75) is 13.5 Å². The van der Waals surface area contributed by atoms with Gasteiger partial charge in [0.15, 0.2) is 11.5 Å². The number of halogens is 1. The highest BCUT2D eigenvalue weighted by molar-refractivity contribution is 6.31. The number of rotatable bonds is 5. The largest absolute Gasteiger partial charge is 0.493 e. The molecule has 4 heteroatoms. The molecule has 2 N–H and O–H groups in total. The minimum absolute atomic E-state index is 0.669. The number of hydrogen-bond donors (Lipinski definition) is 1. The fraction of sp³-hybridized carbons (Fsp3) is 0.455. The smallest absolute Gasteiger partial charge is 0.162 e. The van der Waals surface area contributed by atoms with Crippen molar-refractivity contribution in [1.82, 2.24) is 0 Å². The first-order valence-corrected chi connectivity index (χ1v) is 5.32. The number of nitrogens with two attached hydrogens (primary N) is 1. The number of ether oxygens (including phenoxy) is 2. The Morgan fingerprint density at radius 2 is 1.80 bits per heavy atom. The van der Waals surface area contributed by atoms with E-state index in [0.29, 0.717) is 5.75 Å². The highest BCUT2D eigenvalue weighted by atomic mass is 35.5. The summed E-state index contributed by atoms with van der Waals surface area (Å²) in [6, 6.07) is 3.71. The van der Waals surface area contributed by atoms with Crippen LogP contribution in [0.1, 0.15) is 12.5 Å². The van der Waals surface area contributed by atoms with Crippen molar-refractivity contribution in [2.24, 2.45) is 0 Å². The molecule has 0 fully saturated rings. The molecule has 0 aliphatic rings. The van der Waals surface area contributed by atoms with Crippen LogP contribution >= 0.6 is 11.6 Å². The second-order valence-corrected chi connectivity index (χ2v) is 3.61. The Hall–Kier alpha value is -0.930. The lowest BCUT2D eigenvalue weighted by molar-refractivity contribution is -0.667. The maximum Gasteiger partial charge on any atom is 0.162 e. The molecule has 0 bridgehead atoms. The molecular formula is C11H17ClNO2+. The van der Waals surface area contributed by atoms with Gasteiger partial charge in [0.25, 0.3) is 0 Å². The van der Waals surface area contributed by atoms with Crippen molar-refractivity contribution in [3.63, 3.8) is 0 Å². The molecule has 0 saturated carbocycles. The molecule has 3 nitrogen and oxygen atoms in total. The summed E-state index contributed by atoms with van der Waals surface area (Å²) < 4.78 is 10.4. The lowest BCUT2D eigenvalue weighted by atomic mass is 10.2. The monoisotopic (exact) mass is 230 g/mol. The minimum Gasteiger partial charge on any atom is -0.493 e. The Morgan fingerprint density at radius 3 is 2.33 bits per heavy atom. The van der Waals surface area contributed by atoms with E-state index in [9.17, 15) is 0 Å². The average Bonchev–Trinajstić information content (AvgIpc) is 2.27. The third-order valence-electron chi connectivity index (χ3n) is 2.21. The van der Waals surface area contributed by atoms with Crippen LogP contribution in [0.4, 0.5) is 0 Å². The van der Waals surface area contributed by atoms with E-state index >= 15 is 0 Å². The van der Waals surface area contributed by atoms with Crippen molar-refractivity contribution in [3.05, 3.63) is 22.7 Å². The van der Waals surface area contributed by atoms with Gasteiger partial charge in [-0.3, -0.25) is 0 Å². The molecule has 0 saturated heterocycles. The van der Waals surface area contributed by atoms with Crippen LogP contribution in [0.15, 0.2) is 12.1 Å². The van der Waals surface area contributed by atoms with Crippen molar-refractivity contribution in [2.75, 3.05) is 20.8 Å². The van der Waals surface area contributed by atoms with Crippen molar-refractivity contribution >= 4 is 11.6 Å². The number of benzene rings is 1. The van der Waals surface area contributed by atoms with Crippen LogP contribution in [0, 0.1) is 0 Å². The first-order valence-electron chi connectivity index (χ1n) is 4.95. The van der Waals surface area contributed by atoms with E-state index in [2.05, 4.69) is 12.2 Å². The summed E-state index contributed by atoms with van der Waals surface area (Å²) in [6.07, 6.45) is 0. The first-order chi connectivity index (χ1) is 7.22. The average molecular weight is 231 g/mol. The van der Waals surface area contributed by atoms with E-state index in [-0.39, 0.29) is 0 Å². The van der Waals surface area contributed by atoms with Gasteiger partial charge in [0.05, 0.1) is 25.8 Å². The van der Waals surface area contributed by atoms with E-state index < -0.39 is 0 Å². The first kappa shape index (κ1) is 12.1. The lowest BCUT2D eigenvalue weighted by Crippen LogP contribution is -2.81. The minimum atomic E-state index is 0.669. The molecule has 15 heavy (non-hydrogen) atoms. The third-order valence-corrected chi connectivity index (χ3v) is 2.56. The van der Waals surface area contributed by atoms with E-state index in [1.54, 1.807) is 20.3 Å².